The second-order valence-electron chi connectivity index (χ2n) is 13.6. The van der Waals surface area contributed by atoms with Crippen molar-refractivity contribution in [2.24, 2.45) is 0 Å². The van der Waals surface area contributed by atoms with Gasteiger partial charge in [0.2, 0.25) is 0 Å². The molecule has 0 spiro atoms. The lowest BCUT2D eigenvalue weighted by molar-refractivity contribution is 0.838. The Kier molecular flexibility index (Phi) is 6.76. The molecule has 4 heterocycles. The van der Waals surface area contributed by atoms with Crippen LogP contribution in [0.2, 0.25) is 0 Å². The summed E-state index contributed by atoms with van der Waals surface area (Å²) >= 11 is 0. The minimum Gasteiger partial charge on any atom is -0.309 e. The number of pyridine rings is 1. The SMILES string of the molecule is CC(C)c1cccc(C(C)C)c1-c1cnn(-c2cccc(-n3c4ccccc4c4ccc(-n5c6ccccc6c6cccnc65)cc43)c2)c1. The number of hydrogen-bond donors (Lipinski definition) is 0. The van der Waals surface area contributed by atoms with Crippen LogP contribution in [0.25, 0.3) is 71.9 Å². The quantitative estimate of drug-likeness (QED) is 0.182. The van der Waals surface area contributed by atoms with Gasteiger partial charge in [0, 0.05) is 50.9 Å². The van der Waals surface area contributed by atoms with Crippen LogP contribution in [0.4, 0.5) is 0 Å². The fraction of sp³-hybridized carbons (Fsp3) is 0.136. The van der Waals surface area contributed by atoms with Crippen molar-refractivity contribution >= 4 is 43.7 Å². The average molecular weight is 636 g/mol. The van der Waals surface area contributed by atoms with Gasteiger partial charge in [0.1, 0.15) is 5.65 Å². The van der Waals surface area contributed by atoms with Crippen LogP contribution >= 0.6 is 0 Å². The summed E-state index contributed by atoms with van der Waals surface area (Å²) in [6, 6.07) is 43.6. The van der Waals surface area contributed by atoms with Crippen molar-refractivity contribution in [1.29, 1.82) is 0 Å². The van der Waals surface area contributed by atoms with E-state index in [1.54, 1.807) is 0 Å². The molecule has 5 aromatic carbocycles. The number of aromatic nitrogens is 5. The summed E-state index contributed by atoms with van der Waals surface area (Å²) in [5.74, 6) is 0.831. The minimum absolute atomic E-state index is 0.416. The second-order valence-corrected chi connectivity index (χ2v) is 13.6. The van der Waals surface area contributed by atoms with Gasteiger partial charge in [0.15, 0.2) is 0 Å². The molecule has 0 aliphatic heterocycles. The van der Waals surface area contributed by atoms with Crippen LogP contribution in [0.15, 0.2) is 140 Å². The van der Waals surface area contributed by atoms with Crippen molar-refractivity contribution < 1.29 is 0 Å². The summed E-state index contributed by atoms with van der Waals surface area (Å²) in [4.78, 5) is 4.84. The molecule has 9 aromatic rings. The highest BCUT2D eigenvalue weighted by atomic mass is 15.3. The third kappa shape index (κ3) is 4.61. The molecule has 0 bridgehead atoms. The number of hydrogen-bond acceptors (Lipinski definition) is 2. The zero-order valence-electron chi connectivity index (χ0n) is 28.2. The molecule has 0 fully saturated rings. The lowest BCUT2D eigenvalue weighted by Crippen LogP contribution is -2.00. The number of nitrogens with zero attached hydrogens (tertiary/aromatic N) is 5. The summed E-state index contributed by atoms with van der Waals surface area (Å²) in [6.07, 6.45) is 6.09. The van der Waals surface area contributed by atoms with Crippen LogP contribution in [0.1, 0.15) is 50.7 Å². The standard InChI is InChI=1S/C44H37N5/c1-28(2)34-16-10-17-35(29(3)4)43(34)30-26-46-47(27-30)31-12-9-13-32(24-31)48-40-19-7-5-14-36(40)38-22-21-33(25-42(38)48)49-41-20-8-6-15-37(41)39-18-11-23-45-44(39)49/h5-29H,1-4H3. The van der Waals surface area contributed by atoms with Crippen LogP contribution in [0, 0.1) is 0 Å². The van der Waals surface area contributed by atoms with Gasteiger partial charge in [-0.2, -0.15) is 5.10 Å². The maximum absolute atomic E-state index is 4.91. The summed E-state index contributed by atoms with van der Waals surface area (Å²) in [6.45, 7) is 9.08. The van der Waals surface area contributed by atoms with E-state index < -0.39 is 0 Å². The third-order valence-corrected chi connectivity index (χ3v) is 9.95. The van der Waals surface area contributed by atoms with E-state index in [4.69, 9.17) is 10.1 Å². The molecule has 5 nitrogen and oxygen atoms in total. The molecule has 9 rings (SSSR count). The lowest BCUT2D eigenvalue weighted by Gasteiger charge is -2.18. The van der Waals surface area contributed by atoms with E-state index in [0.717, 1.165) is 44.7 Å². The number of benzene rings is 5. The predicted molar refractivity (Wildman–Crippen MR) is 204 cm³/mol. The first-order chi connectivity index (χ1) is 24.0. The molecule has 0 atom stereocenters. The Hall–Kier alpha value is -5.94. The third-order valence-electron chi connectivity index (χ3n) is 9.95. The van der Waals surface area contributed by atoms with E-state index in [9.17, 15) is 0 Å². The van der Waals surface area contributed by atoms with Crippen molar-refractivity contribution in [3.8, 4) is 28.2 Å². The summed E-state index contributed by atoms with van der Waals surface area (Å²) in [7, 11) is 0. The van der Waals surface area contributed by atoms with Gasteiger partial charge in [0.05, 0.1) is 28.4 Å². The first kappa shape index (κ1) is 29.2. The number of para-hydroxylation sites is 2. The van der Waals surface area contributed by atoms with Gasteiger partial charge in [-0.1, -0.05) is 94.4 Å². The van der Waals surface area contributed by atoms with Crippen molar-refractivity contribution in [2.75, 3.05) is 0 Å². The van der Waals surface area contributed by atoms with Gasteiger partial charge >= 0.3 is 0 Å². The Morgan fingerprint density at radius 3 is 1.88 bits per heavy atom. The average Bonchev–Trinajstić information content (AvgIpc) is 3.84. The zero-order valence-corrected chi connectivity index (χ0v) is 28.2. The van der Waals surface area contributed by atoms with Gasteiger partial charge in [-0.15, -0.1) is 0 Å². The Balaban J connectivity index is 1.22. The molecule has 0 radical (unpaired) electrons. The maximum Gasteiger partial charge on any atom is 0.145 e. The highest BCUT2D eigenvalue weighted by molar-refractivity contribution is 6.11. The molecule has 0 amide bonds. The Bertz CT molecular complexity index is 2600. The number of fused-ring (bicyclic) bond motifs is 6. The smallest absolute Gasteiger partial charge is 0.145 e. The minimum atomic E-state index is 0.416. The van der Waals surface area contributed by atoms with Crippen LogP contribution in [0.5, 0.6) is 0 Å². The highest BCUT2D eigenvalue weighted by Gasteiger charge is 2.19. The van der Waals surface area contributed by atoms with E-state index in [1.165, 1.54) is 38.4 Å². The molecule has 0 saturated heterocycles. The zero-order chi connectivity index (χ0) is 33.2. The van der Waals surface area contributed by atoms with Gasteiger partial charge in [0.25, 0.3) is 0 Å². The molecular formula is C44H37N5. The molecule has 238 valence electrons. The first-order valence-electron chi connectivity index (χ1n) is 17.1. The van der Waals surface area contributed by atoms with Gasteiger partial charge < -0.3 is 4.57 Å². The van der Waals surface area contributed by atoms with Crippen LogP contribution in [-0.2, 0) is 0 Å². The monoisotopic (exact) mass is 635 g/mol. The van der Waals surface area contributed by atoms with E-state index in [1.807, 2.05) is 23.1 Å². The molecule has 49 heavy (non-hydrogen) atoms. The van der Waals surface area contributed by atoms with Gasteiger partial charge in [-0.05, 0) is 83.1 Å². The molecule has 0 aliphatic rings. The highest BCUT2D eigenvalue weighted by Crippen LogP contribution is 2.38. The van der Waals surface area contributed by atoms with Crippen LogP contribution in [-0.4, -0.2) is 23.9 Å². The fourth-order valence-electron chi connectivity index (χ4n) is 7.69. The molecule has 0 aliphatic carbocycles. The predicted octanol–water partition coefficient (Wildman–Crippen LogP) is 11.4. The molecule has 4 aromatic heterocycles. The topological polar surface area (TPSA) is 40.6 Å². The van der Waals surface area contributed by atoms with E-state index in [0.29, 0.717) is 11.8 Å². The van der Waals surface area contributed by atoms with E-state index in [-0.39, 0.29) is 0 Å². The molecule has 0 unspecified atom stereocenters. The van der Waals surface area contributed by atoms with Crippen molar-refractivity contribution in [3.63, 3.8) is 0 Å². The van der Waals surface area contributed by atoms with Gasteiger partial charge in [-0.3, -0.25) is 4.57 Å². The second kappa shape index (κ2) is 11.3. The normalized spacial score (nSPS) is 12.0. The molecule has 5 heteroatoms. The van der Waals surface area contributed by atoms with Gasteiger partial charge in [-0.25, -0.2) is 9.67 Å². The van der Waals surface area contributed by atoms with Crippen molar-refractivity contribution in [1.82, 2.24) is 23.9 Å². The first-order valence-corrected chi connectivity index (χ1v) is 17.1. The lowest BCUT2D eigenvalue weighted by atomic mass is 9.86. The van der Waals surface area contributed by atoms with Crippen LogP contribution < -0.4 is 0 Å². The number of rotatable bonds is 6. The largest absolute Gasteiger partial charge is 0.309 e. The maximum atomic E-state index is 4.91. The molecular weight excluding hydrogens is 599 g/mol. The van der Waals surface area contributed by atoms with Crippen LogP contribution in [0.3, 0.4) is 0 Å². The summed E-state index contributed by atoms with van der Waals surface area (Å²) in [5.41, 5.74) is 12.8. The molecule has 0 saturated carbocycles. The van der Waals surface area contributed by atoms with E-state index >= 15 is 0 Å². The molecule has 0 N–H and O–H groups in total. The Morgan fingerprint density at radius 1 is 0.510 bits per heavy atom. The van der Waals surface area contributed by atoms with Crippen molar-refractivity contribution in [2.45, 2.75) is 39.5 Å². The Morgan fingerprint density at radius 2 is 1.12 bits per heavy atom. The Labute approximate surface area is 285 Å². The summed E-state index contributed by atoms with van der Waals surface area (Å²) in [5, 5.41) is 9.71. The summed E-state index contributed by atoms with van der Waals surface area (Å²) < 4.78 is 6.69. The van der Waals surface area contributed by atoms with E-state index in [2.05, 4.69) is 158 Å². The fourth-order valence-corrected chi connectivity index (χ4v) is 7.69. The van der Waals surface area contributed by atoms with Crippen molar-refractivity contribution in [3.05, 3.63) is 151 Å².